The zero-order chi connectivity index (χ0) is 37.1. The summed E-state index contributed by atoms with van der Waals surface area (Å²) < 4.78 is 0. The summed E-state index contributed by atoms with van der Waals surface area (Å²) >= 11 is -0.826. The van der Waals surface area contributed by atoms with Gasteiger partial charge in [-0.3, -0.25) is 0 Å². The summed E-state index contributed by atoms with van der Waals surface area (Å²) in [6, 6.07) is 41.2. The van der Waals surface area contributed by atoms with Crippen LogP contribution in [0.15, 0.2) is 109 Å². The molecule has 1 fully saturated rings. The Hall–Kier alpha value is -2.00. The molecule has 51 heavy (non-hydrogen) atoms. The van der Waals surface area contributed by atoms with E-state index in [1.807, 2.05) is 0 Å². The number of halogens is 2. The summed E-state index contributed by atoms with van der Waals surface area (Å²) in [5, 5.41) is 7.06. The Labute approximate surface area is 331 Å². The van der Waals surface area contributed by atoms with Crippen LogP contribution in [0.3, 0.4) is 0 Å². The van der Waals surface area contributed by atoms with Gasteiger partial charge in [0.25, 0.3) is 0 Å². The minimum absolute atomic E-state index is 0.587. The number of aryl methyl sites for hydroxylation is 1. The van der Waals surface area contributed by atoms with Crippen LogP contribution in [-0.4, -0.2) is 17.6 Å². The van der Waals surface area contributed by atoms with Crippen LogP contribution in [0.25, 0.3) is 43.8 Å². The molecule has 0 amide bonds. The molecule has 0 N–H and O–H groups in total. The Morgan fingerprint density at radius 1 is 0.706 bits per heavy atom. The molecular weight excluding hydrogens is 771 g/mol. The van der Waals surface area contributed by atoms with Crippen molar-refractivity contribution >= 4 is 61.4 Å². The van der Waals surface area contributed by atoms with Crippen molar-refractivity contribution < 1.29 is 20.8 Å². The van der Waals surface area contributed by atoms with Gasteiger partial charge in [-0.05, 0) is 47.3 Å². The average Bonchev–Trinajstić information content (AvgIpc) is 3.72. The molecule has 0 spiro atoms. The van der Waals surface area contributed by atoms with Gasteiger partial charge in [-0.2, -0.15) is 12.1 Å². The van der Waals surface area contributed by atoms with Crippen LogP contribution in [0.2, 0.25) is 32.7 Å². The summed E-state index contributed by atoms with van der Waals surface area (Å²) in [5.74, 6) is 2.26. The third-order valence-electron chi connectivity index (χ3n) is 10.1. The summed E-state index contributed by atoms with van der Waals surface area (Å²) in [6.45, 7) is 20.6. The zero-order valence-electron chi connectivity index (χ0n) is 32.2. The summed E-state index contributed by atoms with van der Waals surface area (Å²) in [7, 11) is 9.74. The fraction of sp³-hybridized carbons (Fsp3) is 0.348. The molecule has 1 aliphatic carbocycles. The van der Waals surface area contributed by atoms with Crippen molar-refractivity contribution in [3.05, 3.63) is 126 Å². The molecule has 0 aliphatic heterocycles. The van der Waals surface area contributed by atoms with E-state index in [1.54, 1.807) is 5.56 Å². The van der Waals surface area contributed by atoms with Crippen molar-refractivity contribution in [2.45, 2.75) is 97.9 Å². The molecule has 0 aromatic heterocycles. The Kier molecular flexibility index (Phi) is 16.3. The second kappa shape index (κ2) is 19.9. The Balaban J connectivity index is 0.000000202. The van der Waals surface area contributed by atoms with E-state index in [9.17, 15) is 0 Å². The van der Waals surface area contributed by atoms with Gasteiger partial charge < -0.3 is 0 Å². The van der Waals surface area contributed by atoms with Crippen molar-refractivity contribution in [3.8, 4) is 22.3 Å². The number of fused-ring (bicyclic) bond motifs is 2. The first-order chi connectivity index (χ1) is 24.4. The second-order valence-electron chi connectivity index (χ2n) is 15.6. The molecule has 5 heteroatoms. The maximum atomic E-state index is 4.93. The number of benzene rings is 4. The number of rotatable bonds is 5. The summed E-state index contributed by atoms with van der Waals surface area (Å²) in [6.07, 6.45) is 5.48. The summed E-state index contributed by atoms with van der Waals surface area (Å²) in [5.41, 5.74) is 9.70. The third kappa shape index (κ3) is 11.5. The van der Waals surface area contributed by atoms with Crippen LogP contribution in [0.4, 0.5) is 0 Å². The fourth-order valence-electron chi connectivity index (χ4n) is 7.17. The van der Waals surface area contributed by atoms with Gasteiger partial charge in [-0.15, -0.1) is 69.1 Å². The van der Waals surface area contributed by atoms with Crippen molar-refractivity contribution in [2.75, 3.05) is 0 Å². The Morgan fingerprint density at radius 3 is 1.67 bits per heavy atom. The van der Waals surface area contributed by atoms with E-state index < -0.39 is 28.9 Å². The Morgan fingerprint density at radius 2 is 1.18 bits per heavy atom. The van der Waals surface area contributed by atoms with Gasteiger partial charge in [0.05, 0.1) is 8.07 Å². The quantitative estimate of drug-likeness (QED) is 0.120. The predicted octanol–water partition coefficient (Wildman–Crippen LogP) is 14.9. The normalized spacial score (nSPS) is 15.6. The van der Waals surface area contributed by atoms with Crippen molar-refractivity contribution in [1.29, 1.82) is 0 Å². The summed E-state index contributed by atoms with van der Waals surface area (Å²) in [4.78, 5) is 0. The average molecular weight is 827 g/mol. The molecule has 0 unspecified atom stereocenters. The monoisotopic (exact) mass is 824 g/mol. The van der Waals surface area contributed by atoms with Gasteiger partial charge >= 0.3 is 37.9 Å². The minimum atomic E-state index is -1.21. The van der Waals surface area contributed by atoms with E-state index >= 15 is 0 Å². The predicted molar refractivity (Wildman–Crippen MR) is 231 cm³/mol. The molecule has 6 aromatic rings. The van der Waals surface area contributed by atoms with E-state index in [1.165, 1.54) is 85.8 Å². The molecule has 0 atom stereocenters. The van der Waals surface area contributed by atoms with Crippen LogP contribution >= 0.6 is 17.0 Å². The van der Waals surface area contributed by atoms with Crippen LogP contribution in [0.5, 0.6) is 0 Å². The third-order valence-corrected chi connectivity index (χ3v) is 12.2. The van der Waals surface area contributed by atoms with E-state index in [0.29, 0.717) is 5.92 Å². The zero-order valence-corrected chi connectivity index (χ0v) is 38.2. The number of hydrogen-bond donors (Lipinski definition) is 0. The second-order valence-corrected chi connectivity index (χ2v) is 25.4. The standard InChI is InChI=1S/C25H29.C19H21Si.C2H6Si.2ClH.Zr/c1-17(2)19-11-13-21(14-12-19)24-6-4-5-22-15-23(16-25(22)24)20-9-7-18(3)8-10-20;1-14-12-16-6-5-7-18(19(16)13-14)15-8-10-17(11-9-15)20(2,3)4;1-3-2;;;/h4-6,11-18,20H,7-10H2,1-3H3;5-13H,1-4H3;1-2H3;2*1H;/q2*-1;;;;+4/p-2. The van der Waals surface area contributed by atoms with Crippen LogP contribution in [0, 0.1) is 12.8 Å². The van der Waals surface area contributed by atoms with Gasteiger partial charge in [-0.25, -0.2) is 0 Å². The van der Waals surface area contributed by atoms with E-state index in [0.717, 1.165) is 21.4 Å². The van der Waals surface area contributed by atoms with Crippen LogP contribution in [-0.2, 0) is 20.8 Å². The van der Waals surface area contributed by atoms with Gasteiger partial charge in [0.15, 0.2) is 0 Å². The van der Waals surface area contributed by atoms with Crippen molar-refractivity contribution in [3.63, 3.8) is 0 Å². The van der Waals surface area contributed by atoms with E-state index in [4.69, 9.17) is 17.0 Å². The molecule has 6 aromatic carbocycles. The number of hydrogen-bond acceptors (Lipinski definition) is 0. The van der Waals surface area contributed by atoms with Crippen LogP contribution in [0.1, 0.15) is 75.0 Å². The molecule has 1 saturated carbocycles. The van der Waals surface area contributed by atoms with Crippen molar-refractivity contribution in [2.24, 2.45) is 5.92 Å². The van der Waals surface area contributed by atoms with Gasteiger partial charge in [0.2, 0.25) is 0 Å². The first-order valence-corrected chi connectivity index (χ1v) is 30.3. The molecule has 0 nitrogen and oxygen atoms in total. The molecule has 0 saturated heterocycles. The SMILES string of the molecule is CC1CCC(c2cc3c(-c4ccc(C(C)C)cc4)cccc3[cH-]2)CC1.C[Si]C.Cc1cc2c(-c3ccc([Si](C)(C)C)cc3)cccc2[cH-]1.[Cl][Zr+2][Cl]. The molecule has 2 radical (unpaired) electrons. The van der Waals surface area contributed by atoms with E-state index in [2.05, 4.69) is 170 Å². The van der Waals surface area contributed by atoms with Gasteiger partial charge in [-0.1, -0.05) is 150 Å². The van der Waals surface area contributed by atoms with Crippen molar-refractivity contribution in [1.82, 2.24) is 0 Å². The molecule has 266 valence electrons. The van der Waals surface area contributed by atoms with E-state index in [-0.39, 0.29) is 0 Å². The molecule has 0 bridgehead atoms. The van der Waals surface area contributed by atoms with Gasteiger partial charge in [0.1, 0.15) is 0 Å². The molecular formula is C46H56Cl2Si2Zr. The molecule has 0 heterocycles. The maximum absolute atomic E-state index is 4.93. The molecule has 7 rings (SSSR count). The molecule has 1 aliphatic rings. The Bertz CT molecular complexity index is 1920. The van der Waals surface area contributed by atoms with Crippen LogP contribution < -0.4 is 5.19 Å². The topological polar surface area (TPSA) is 0 Å². The first-order valence-electron chi connectivity index (χ1n) is 18.5. The fourth-order valence-corrected chi connectivity index (χ4v) is 8.34. The van der Waals surface area contributed by atoms with Gasteiger partial charge in [0, 0.05) is 9.52 Å². The first kappa shape index (κ1) is 41.7.